The van der Waals surface area contributed by atoms with Crippen molar-refractivity contribution in [3.8, 4) is 0 Å². The third-order valence-corrected chi connectivity index (χ3v) is 2.88. The quantitative estimate of drug-likeness (QED) is 0.273. The van der Waals surface area contributed by atoms with E-state index in [0.717, 1.165) is 6.54 Å². The fourth-order valence-electron chi connectivity index (χ4n) is 1.99. The molecule has 3 N–H and O–H groups in total. The predicted molar refractivity (Wildman–Crippen MR) is 78.3 cm³/mol. The molecule has 1 aromatic carbocycles. The lowest BCUT2D eigenvalue weighted by Gasteiger charge is -2.25. The summed E-state index contributed by atoms with van der Waals surface area (Å²) in [4.78, 5) is 12.7. The van der Waals surface area contributed by atoms with Gasteiger partial charge in [0, 0.05) is 24.7 Å². The van der Waals surface area contributed by atoms with Crippen LogP contribution in [0.15, 0.2) is 23.4 Å². The Labute approximate surface area is 117 Å². The number of oxime groups is 1. The van der Waals surface area contributed by atoms with Crippen LogP contribution >= 0.6 is 0 Å². The molecule has 0 spiro atoms. The Morgan fingerprint density at radius 1 is 1.55 bits per heavy atom. The third-order valence-electron chi connectivity index (χ3n) is 2.88. The third kappa shape index (κ3) is 3.59. The van der Waals surface area contributed by atoms with Gasteiger partial charge < -0.3 is 15.8 Å². The molecule has 20 heavy (non-hydrogen) atoms. The van der Waals surface area contributed by atoms with Crippen molar-refractivity contribution in [3.05, 3.63) is 33.9 Å². The fourth-order valence-corrected chi connectivity index (χ4v) is 1.99. The summed E-state index contributed by atoms with van der Waals surface area (Å²) in [5.41, 5.74) is 6.29. The van der Waals surface area contributed by atoms with E-state index in [4.69, 9.17) is 10.9 Å². The highest BCUT2D eigenvalue weighted by Gasteiger charge is 2.20. The Hall–Kier alpha value is -2.31. The summed E-state index contributed by atoms with van der Waals surface area (Å²) in [6.45, 7) is 7.45. The summed E-state index contributed by atoms with van der Waals surface area (Å²) in [7, 11) is 0. The molecule has 1 aromatic rings. The van der Waals surface area contributed by atoms with Crippen LogP contribution in [0.5, 0.6) is 0 Å². The number of rotatable bonds is 6. The number of hydrogen-bond acceptors (Lipinski definition) is 5. The van der Waals surface area contributed by atoms with E-state index in [9.17, 15) is 10.1 Å². The highest BCUT2D eigenvalue weighted by molar-refractivity contribution is 5.98. The summed E-state index contributed by atoms with van der Waals surface area (Å²) in [6.07, 6.45) is 0. The van der Waals surface area contributed by atoms with E-state index in [-0.39, 0.29) is 11.5 Å². The molecule has 0 saturated heterocycles. The van der Waals surface area contributed by atoms with Gasteiger partial charge in [-0.15, -0.1) is 0 Å². The summed E-state index contributed by atoms with van der Waals surface area (Å²) < 4.78 is 0. The average Bonchev–Trinajstić information content (AvgIpc) is 2.43. The first-order valence-corrected chi connectivity index (χ1v) is 6.42. The topological polar surface area (TPSA) is 105 Å². The smallest absolute Gasteiger partial charge is 0.293 e. The Kier molecular flexibility index (Phi) is 5.31. The van der Waals surface area contributed by atoms with Gasteiger partial charge in [0.1, 0.15) is 5.69 Å². The number of benzene rings is 1. The second-order valence-electron chi connectivity index (χ2n) is 4.88. The number of amidine groups is 1. The first-order valence-electron chi connectivity index (χ1n) is 6.42. The molecular formula is C13H20N4O3. The van der Waals surface area contributed by atoms with Crippen LogP contribution < -0.4 is 10.6 Å². The number of nitro groups is 1. The van der Waals surface area contributed by atoms with Gasteiger partial charge in [-0.1, -0.05) is 19.0 Å². The molecule has 7 nitrogen and oxygen atoms in total. The lowest BCUT2D eigenvalue weighted by Crippen LogP contribution is -2.28. The van der Waals surface area contributed by atoms with Crippen LogP contribution in [0.2, 0.25) is 0 Å². The predicted octanol–water partition coefficient (Wildman–Crippen LogP) is 2.17. The Bertz CT molecular complexity index is 514. The molecule has 0 saturated carbocycles. The molecule has 0 fully saturated rings. The van der Waals surface area contributed by atoms with Crippen molar-refractivity contribution < 1.29 is 10.1 Å². The SMILES string of the molecule is CCN(CC(C)C)c1ccc(C(N)=NO)cc1[N+](=O)[O-]. The van der Waals surface area contributed by atoms with Gasteiger partial charge in [0.05, 0.1) is 4.92 Å². The summed E-state index contributed by atoms with van der Waals surface area (Å²) in [5.74, 6) is 0.241. The standard InChI is InChI=1S/C13H20N4O3/c1-4-16(8-9(2)3)11-6-5-10(13(14)15-18)7-12(11)17(19)20/h5-7,9,18H,4,8H2,1-3H3,(H2,14,15). The minimum atomic E-state index is -0.452. The molecule has 0 aromatic heterocycles. The Morgan fingerprint density at radius 2 is 2.20 bits per heavy atom. The minimum Gasteiger partial charge on any atom is -0.409 e. The zero-order chi connectivity index (χ0) is 15.3. The minimum absolute atomic E-state index is 0.0448. The van der Waals surface area contributed by atoms with Crippen LogP contribution in [0.25, 0.3) is 0 Å². The van der Waals surface area contributed by atoms with E-state index in [1.165, 1.54) is 6.07 Å². The second kappa shape index (κ2) is 6.74. The molecule has 1 rings (SSSR count). The molecule has 110 valence electrons. The van der Waals surface area contributed by atoms with Gasteiger partial charge in [-0.25, -0.2) is 0 Å². The van der Waals surface area contributed by atoms with Crippen LogP contribution in [-0.4, -0.2) is 29.1 Å². The Balaban J connectivity index is 3.28. The van der Waals surface area contributed by atoms with Crippen LogP contribution in [0.1, 0.15) is 26.3 Å². The second-order valence-corrected chi connectivity index (χ2v) is 4.88. The van der Waals surface area contributed by atoms with Crippen molar-refractivity contribution >= 4 is 17.2 Å². The van der Waals surface area contributed by atoms with Crippen molar-refractivity contribution in [2.45, 2.75) is 20.8 Å². The highest BCUT2D eigenvalue weighted by Crippen LogP contribution is 2.29. The van der Waals surface area contributed by atoms with Crippen LogP contribution in [0.3, 0.4) is 0 Å². The molecule has 0 unspecified atom stereocenters. The summed E-state index contributed by atoms with van der Waals surface area (Å²) >= 11 is 0. The Morgan fingerprint density at radius 3 is 2.65 bits per heavy atom. The van der Waals surface area contributed by atoms with E-state index in [1.54, 1.807) is 12.1 Å². The molecule has 0 bridgehead atoms. The van der Waals surface area contributed by atoms with Gasteiger partial charge in [0.2, 0.25) is 0 Å². The average molecular weight is 280 g/mol. The number of hydrogen-bond donors (Lipinski definition) is 2. The van der Waals surface area contributed by atoms with Gasteiger partial charge >= 0.3 is 0 Å². The maximum atomic E-state index is 11.2. The zero-order valence-electron chi connectivity index (χ0n) is 11.9. The van der Waals surface area contributed by atoms with E-state index in [0.29, 0.717) is 23.7 Å². The highest BCUT2D eigenvalue weighted by atomic mass is 16.6. The van der Waals surface area contributed by atoms with Crippen molar-refractivity contribution in [1.82, 2.24) is 0 Å². The monoisotopic (exact) mass is 280 g/mol. The summed E-state index contributed by atoms with van der Waals surface area (Å²) in [6, 6.07) is 4.57. The summed E-state index contributed by atoms with van der Waals surface area (Å²) in [5, 5.41) is 22.7. The first kappa shape index (κ1) is 15.7. The number of nitrogens with two attached hydrogens (primary N) is 1. The van der Waals surface area contributed by atoms with Crippen molar-refractivity contribution in [3.63, 3.8) is 0 Å². The van der Waals surface area contributed by atoms with E-state index in [2.05, 4.69) is 19.0 Å². The molecule has 0 heterocycles. The van der Waals surface area contributed by atoms with Gasteiger partial charge in [-0.3, -0.25) is 10.1 Å². The van der Waals surface area contributed by atoms with Crippen LogP contribution in [-0.2, 0) is 0 Å². The molecule has 0 atom stereocenters. The molecule has 0 aliphatic carbocycles. The van der Waals surface area contributed by atoms with Crippen LogP contribution in [0, 0.1) is 16.0 Å². The molecule has 0 amide bonds. The van der Waals surface area contributed by atoms with E-state index < -0.39 is 4.92 Å². The van der Waals surface area contributed by atoms with Crippen molar-refractivity contribution in [2.24, 2.45) is 16.8 Å². The number of anilines is 1. The van der Waals surface area contributed by atoms with E-state index >= 15 is 0 Å². The number of nitrogens with zero attached hydrogens (tertiary/aromatic N) is 3. The molecule has 0 aliphatic rings. The maximum absolute atomic E-state index is 11.2. The molecular weight excluding hydrogens is 260 g/mol. The first-order chi connectivity index (χ1) is 9.40. The van der Waals surface area contributed by atoms with Crippen molar-refractivity contribution in [2.75, 3.05) is 18.0 Å². The van der Waals surface area contributed by atoms with Crippen molar-refractivity contribution in [1.29, 1.82) is 0 Å². The molecule has 0 aliphatic heterocycles. The van der Waals surface area contributed by atoms with Gasteiger partial charge in [-0.05, 0) is 25.0 Å². The number of nitro benzene ring substituents is 1. The molecule has 7 heteroatoms. The maximum Gasteiger partial charge on any atom is 0.293 e. The van der Waals surface area contributed by atoms with Gasteiger partial charge in [0.15, 0.2) is 5.84 Å². The van der Waals surface area contributed by atoms with Gasteiger partial charge in [0.25, 0.3) is 5.69 Å². The van der Waals surface area contributed by atoms with E-state index in [1.807, 2.05) is 11.8 Å². The fraction of sp³-hybridized carbons (Fsp3) is 0.462. The lowest BCUT2D eigenvalue weighted by atomic mass is 10.1. The van der Waals surface area contributed by atoms with Gasteiger partial charge in [-0.2, -0.15) is 0 Å². The lowest BCUT2D eigenvalue weighted by molar-refractivity contribution is -0.384. The largest absolute Gasteiger partial charge is 0.409 e. The normalized spacial score (nSPS) is 11.7. The zero-order valence-corrected chi connectivity index (χ0v) is 11.9. The van der Waals surface area contributed by atoms with Crippen LogP contribution in [0.4, 0.5) is 11.4 Å². The molecule has 0 radical (unpaired) electrons.